The number of halogens is 1. The third-order valence-corrected chi connectivity index (χ3v) is 5.17. The molecule has 2 aromatic rings. The van der Waals surface area contributed by atoms with Crippen molar-refractivity contribution in [3.05, 3.63) is 67.2 Å². The number of rotatable bonds is 2. The second-order valence-electron chi connectivity index (χ2n) is 6.00. The number of aliphatic hydroxyl groups is 1. The van der Waals surface area contributed by atoms with Gasteiger partial charge in [-0.05, 0) is 98.2 Å². The van der Waals surface area contributed by atoms with E-state index >= 15 is 0 Å². The van der Waals surface area contributed by atoms with Crippen LogP contribution in [0.2, 0.25) is 0 Å². The third kappa shape index (κ3) is 2.93. The van der Waals surface area contributed by atoms with Gasteiger partial charge in [0, 0.05) is 4.47 Å². The molecule has 2 rings (SSSR count). The Kier molecular flexibility index (Phi) is 4.60. The van der Waals surface area contributed by atoms with Crippen LogP contribution in [0.4, 0.5) is 0 Å². The number of benzene rings is 2. The molecule has 0 aromatic heterocycles. The Hall–Kier alpha value is -1.12. The van der Waals surface area contributed by atoms with E-state index in [0.29, 0.717) is 0 Å². The molecule has 0 fully saturated rings. The van der Waals surface area contributed by atoms with Crippen molar-refractivity contribution < 1.29 is 5.11 Å². The lowest BCUT2D eigenvalue weighted by Gasteiger charge is -2.23. The first kappa shape index (κ1) is 16.3. The van der Waals surface area contributed by atoms with Gasteiger partial charge in [0.2, 0.25) is 0 Å². The predicted octanol–water partition coefficient (Wildman–Crippen LogP) is 5.38. The summed E-state index contributed by atoms with van der Waals surface area (Å²) in [6, 6.07) is 6.11. The van der Waals surface area contributed by atoms with Crippen LogP contribution in [0, 0.1) is 41.5 Å². The topological polar surface area (TPSA) is 20.2 Å². The van der Waals surface area contributed by atoms with E-state index < -0.39 is 6.10 Å². The standard InChI is InChI=1S/C19H23BrO/c1-10-7-16(9-17(20)8-10)19(21)18-14(5)12(3)11(2)13(4)15(18)6/h7-9,19,21H,1-6H3. The Morgan fingerprint density at radius 3 is 1.71 bits per heavy atom. The van der Waals surface area contributed by atoms with E-state index in [-0.39, 0.29) is 0 Å². The molecule has 0 heterocycles. The highest BCUT2D eigenvalue weighted by Gasteiger charge is 2.20. The maximum absolute atomic E-state index is 10.9. The van der Waals surface area contributed by atoms with Crippen LogP contribution < -0.4 is 0 Å². The number of hydrogen-bond donors (Lipinski definition) is 1. The molecule has 21 heavy (non-hydrogen) atoms. The molecule has 2 aromatic carbocycles. The molecule has 1 nitrogen and oxygen atoms in total. The van der Waals surface area contributed by atoms with Crippen LogP contribution in [0.25, 0.3) is 0 Å². The molecule has 0 aliphatic rings. The van der Waals surface area contributed by atoms with Gasteiger partial charge in [-0.2, -0.15) is 0 Å². The summed E-state index contributed by atoms with van der Waals surface area (Å²) in [6.07, 6.45) is -0.584. The maximum Gasteiger partial charge on any atom is 0.105 e. The minimum atomic E-state index is -0.584. The quantitative estimate of drug-likeness (QED) is 0.773. The van der Waals surface area contributed by atoms with Crippen molar-refractivity contribution in [2.75, 3.05) is 0 Å². The molecule has 1 N–H and O–H groups in total. The highest BCUT2D eigenvalue weighted by Crippen LogP contribution is 2.34. The largest absolute Gasteiger partial charge is 0.384 e. The summed E-state index contributed by atoms with van der Waals surface area (Å²) in [5, 5.41) is 10.9. The Bertz CT molecular complexity index is 652. The molecule has 0 bridgehead atoms. The predicted molar refractivity (Wildman–Crippen MR) is 93.1 cm³/mol. The normalized spacial score (nSPS) is 12.6. The molecule has 112 valence electrons. The van der Waals surface area contributed by atoms with Gasteiger partial charge in [-0.25, -0.2) is 0 Å². The Morgan fingerprint density at radius 1 is 0.762 bits per heavy atom. The van der Waals surface area contributed by atoms with Gasteiger partial charge in [0.05, 0.1) is 0 Å². The molecule has 0 amide bonds. The minimum Gasteiger partial charge on any atom is -0.384 e. The van der Waals surface area contributed by atoms with Crippen LogP contribution in [0.15, 0.2) is 22.7 Å². The monoisotopic (exact) mass is 346 g/mol. The van der Waals surface area contributed by atoms with E-state index in [1.165, 1.54) is 27.8 Å². The molecular weight excluding hydrogens is 324 g/mol. The van der Waals surface area contributed by atoms with Gasteiger partial charge in [-0.3, -0.25) is 0 Å². The summed E-state index contributed by atoms with van der Waals surface area (Å²) < 4.78 is 1.01. The molecular formula is C19H23BrO. The van der Waals surface area contributed by atoms with E-state index in [0.717, 1.165) is 21.2 Å². The molecule has 0 saturated heterocycles. The van der Waals surface area contributed by atoms with Crippen LogP contribution in [0.5, 0.6) is 0 Å². The van der Waals surface area contributed by atoms with Crippen molar-refractivity contribution in [3.63, 3.8) is 0 Å². The van der Waals surface area contributed by atoms with E-state index in [1.54, 1.807) is 0 Å². The first-order valence-electron chi connectivity index (χ1n) is 7.26. The van der Waals surface area contributed by atoms with Gasteiger partial charge in [0.1, 0.15) is 6.10 Å². The lowest BCUT2D eigenvalue weighted by Crippen LogP contribution is -2.09. The van der Waals surface area contributed by atoms with E-state index in [4.69, 9.17) is 0 Å². The Morgan fingerprint density at radius 2 is 1.24 bits per heavy atom. The van der Waals surface area contributed by atoms with Gasteiger partial charge < -0.3 is 5.11 Å². The summed E-state index contributed by atoms with van der Waals surface area (Å²) in [4.78, 5) is 0. The van der Waals surface area contributed by atoms with Crippen LogP contribution in [0.1, 0.15) is 50.6 Å². The van der Waals surface area contributed by atoms with Crippen molar-refractivity contribution in [2.24, 2.45) is 0 Å². The molecule has 1 unspecified atom stereocenters. The zero-order valence-corrected chi connectivity index (χ0v) is 15.2. The molecule has 1 atom stereocenters. The van der Waals surface area contributed by atoms with Gasteiger partial charge in [0.25, 0.3) is 0 Å². The Labute approximate surface area is 136 Å². The number of aryl methyl sites for hydroxylation is 1. The summed E-state index contributed by atoms with van der Waals surface area (Å²) in [5.41, 5.74) is 9.41. The smallest absolute Gasteiger partial charge is 0.105 e. The van der Waals surface area contributed by atoms with E-state index in [1.807, 2.05) is 13.0 Å². The average molecular weight is 347 g/mol. The molecule has 0 saturated carbocycles. The number of hydrogen-bond acceptors (Lipinski definition) is 1. The third-order valence-electron chi connectivity index (χ3n) is 4.71. The van der Waals surface area contributed by atoms with Crippen molar-refractivity contribution in [1.82, 2.24) is 0 Å². The first-order chi connectivity index (χ1) is 9.73. The highest BCUT2D eigenvalue weighted by atomic mass is 79.9. The summed E-state index contributed by atoms with van der Waals surface area (Å²) in [7, 11) is 0. The SMILES string of the molecule is Cc1cc(Br)cc(C(O)c2c(C)c(C)c(C)c(C)c2C)c1. The number of aliphatic hydroxyl groups excluding tert-OH is 1. The summed E-state index contributed by atoms with van der Waals surface area (Å²) in [6.45, 7) is 12.7. The molecule has 2 heteroatoms. The van der Waals surface area contributed by atoms with Crippen molar-refractivity contribution in [1.29, 1.82) is 0 Å². The second kappa shape index (κ2) is 5.94. The molecule has 0 spiro atoms. The maximum atomic E-state index is 10.9. The van der Waals surface area contributed by atoms with Crippen LogP contribution >= 0.6 is 15.9 Å². The van der Waals surface area contributed by atoms with Crippen molar-refractivity contribution in [2.45, 2.75) is 47.6 Å². The fourth-order valence-electron chi connectivity index (χ4n) is 3.03. The summed E-state index contributed by atoms with van der Waals surface area (Å²) in [5.74, 6) is 0. The fraction of sp³-hybridized carbons (Fsp3) is 0.368. The minimum absolute atomic E-state index is 0.584. The Balaban J connectivity index is 2.66. The van der Waals surface area contributed by atoms with Gasteiger partial charge >= 0.3 is 0 Å². The molecule has 0 aliphatic carbocycles. The van der Waals surface area contributed by atoms with Gasteiger partial charge in [0.15, 0.2) is 0 Å². The summed E-state index contributed by atoms with van der Waals surface area (Å²) >= 11 is 3.52. The second-order valence-corrected chi connectivity index (χ2v) is 6.92. The van der Waals surface area contributed by atoms with Crippen molar-refractivity contribution in [3.8, 4) is 0 Å². The molecule has 0 radical (unpaired) electrons. The van der Waals surface area contributed by atoms with Crippen LogP contribution in [-0.4, -0.2) is 5.11 Å². The van der Waals surface area contributed by atoms with E-state index in [2.05, 4.69) is 62.7 Å². The lowest BCUT2D eigenvalue weighted by atomic mass is 9.85. The van der Waals surface area contributed by atoms with Gasteiger partial charge in [-0.15, -0.1) is 0 Å². The highest BCUT2D eigenvalue weighted by molar-refractivity contribution is 9.10. The lowest BCUT2D eigenvalue weighted by molar-refractivity contribution is 0.218. The zero-order chi connectivity index (χ0) is 15.9. The first-order valence-corrected chi connectivity index (χ1v) is 8.05. The fourth-order valence-corrected chi connectivity index (χ4v) is 3.65. The van der Waals surface area contributed by atoms with Crippen molar-refractivity contribution >= 4 is 15.9 Å². The van der Waals surface area contributed by atoms with Gasteiger partial charge in [-0.1, -0.05) is 22.0 Å². The average Bonchev–Trinajstić information content (AvgIpc) is 2.42. The van der Waals surface area contributed by atoms with Crippen LogP contribution in [0.3, 0.4) is 0 Å². The van der Waals surface area contributed by atoms with E-state index in [9.17, 15) is 5.11 Å². The van der Waals surface area contributed by atoms with Crippen LogP contribution in [-0.2, 0) is 0 Å². The zero-order valence-electron chi connectivity index (χ0n) is 13.6. The molecule has 0 aliphatic heterocycles.